The van der Waals surface area contributed by atoms with Crippen LogP contribution >= 0.6 is 0 Å². The van der Waals surface area contributed by atoms with E-state index < -0.39 is 10.0 Å². The van der Waals surface area contributed by atoms with Crippen molar-refractivity contribution in [3.8, 4) is 0 Å². The van der Waals surface area contributed by atoms with Crippen molar-refractivity contribution in [2.24, 2.45) is 0 Å². The van der Waals surface area contributed by atoms with Crippen molar-refractivity contribution in [2.45, 2.75) is 25.3 Å². The summed E-state index contributed by atoms with van der Waals surface area (Å²) in [6.07, 6.45) is 1.59. The molecule has 7 nitrogen and oxygen atoms in total. The molecule has 1 aromatic heterocycles. The van der Waals surface area contributed by atoms with Crippen LogP contribution in [0.1, 0.15) is 16.9 Å². The van der Waals surface area contributed by atoms with E-state index in [0.29, 0.717) is 37.6 Å². The molecule has 2 heterocycles. The summed E-state index contributed by atoms with van der Waals surface area (Å²) in [5.74, 6) is 0.725. The minimum atomic E-state index is -3.52. The standard InChI is InChI=1S/C20H27N3O4S/c1-16-6-7-17(2)19(13-16)28(25,26)23-10-8-22(9-11-23)15-20(24)21(3)14-18-5-4-12-27-18/h4-7,12-13H,8-11,14-15H2,1-3H3. The van der Waals surface area contributed by atoms with Gasteiger partial charge in [0.25, 0.3) is 0 Å². The van der Waals surface area contributed by atoms with E-state index >= 15 is 0 Å². The largest absolute Gasteiger partial charge is 0.467 e. The summed E-state index contributed by atoms with van der Waals surface area (Å²) < 4.78 is 32.8. The molecule has 1 saturated heterocycles. The first kappa shape index (κ1) is 20.6. The van der Waals surface area contributed by atoms with E-state index in [1.54, 1.807) is 30.3 Å². The van der Waals surface area contributed by atoms with Gasteiger partial charge in [-0.15, -0.1) is 0 Å². The number of sulfonamides is 1. The Morgan fingerprint density at radius 3 is 2.50 bits per heavy atom. The van der Waals surface area contributed by atoms with Gasteiger partial charge >= 0.3 is 0 Å². The Morgan fingerprint density at radius 2 is 1.86 bits per heavy atom. The predicted octanol–water partition coefficient (Wildman–Crippen LogP) is 1.86. The summed E-state index contributed by atoms with van der Waals surface area (Å²) in [5.41, 5.74) is 1.68. The number of aryl methyl sites for hydroxylation is 2. The fraction of sp³-hybridized carbons (Fsp3) is 0.450. The maximum atomic E-state index is 13.0. The second kappa shape index (κ2) is 8.46. The lowest BCUT2D eigenvalue weighted by Crippen LogP contribution is -2.51. The summed E-state index contributed by atoms with van der Waals surface area (Å²) >= 11 is 0. The highest BCUT2D eigenvalue weighted by atomic mass is 32.2. The van der Waals surface area contributed by atoms with Gasteiger partial charge in [-0.05, 0) is 43.2 Å². The highest BCUT2D eigenvalue weighted by molar-refractivity contribution is 7.89. The fourth-order valence-electron chi connectivity index (χ4n) is 3.29. The molecule has 0 aliphatic carbocycles. The van der Waals surface area contributed by atoms with Crippen molar-refractivity contribution in [2.75, 3.05) is 39.8 Å². The molecule has 1 aliphatic heterocycles. The second-order valence-corrected chi connectivity index (χ2v) is 9.18. The van der Waals surface area contributed by atoms with E-state index in [1.165, 1.54) is 4.31 Å². The van der Waals surface area contributed by atoms with Crippen LogP contribution in [-0.4, -0.2) is 68.2 Å². The summed E-state index contributed by atoms with van der Waals surface area (Å²) in [7, 11) is -1.78. The molecule has 0 spiro atoms. The molecule has 28 heavy (non-hydrogen) atoms. The molecule has 0 N–H and O–H groups in total. The van der Waals surface area contributed by atoms with Gasteiger partial charge < -0.3 is 9.32 Å². The summed E-state index contributed by atoms with van der Waals surface area (Å²) in [5, 5.41) is 0. The maximum absolute atomic E-state index is 13.0. The van der Waals surface area contributed by atoms with Gasteiger partial charge in [0.15, 0.2) is 0 Å². The molecule has 0 bridgehead atoms. The molecule has 1 aromatic carbocycles. The number of carbonyl (C=O) groups excluding carboxylic acids is 1. The maximum Gasteiger partial charge on any atom is 0.243 e. The highest BCUT2D eigenvalue weighted by Crippen LogP contribution is 2.22. The first-order valence-electron chi connectivity index (χ1n) is 9.33. The van der Waals surface area contributed by atoms with E-state index in [9.17, 15) is 13.2 Å². The number of rotatable bonds is 6. The average molecular weight is 406 g/mol. The van der Waals surface area contributed by atoms with Crippen molar-refractivity contribution in [3.63, 3.8) is 0 Å². The Kier molecular flexibility index (Phi) is 6.22. The third-order valence-corrected chi connectivity index (χ3v) is 7.09. The SMILES string of the molecule is Cc1ccc(C)c(S(=O)(=O)N2CCN(CC(=O)N(C)Cc3ccco3)CC2)c1. The monoisotopic (exact) mass is 405 g/mol. The Morgan fingerprint density at radius 1 is 1.14 bits per heavy atom. The number of likely N-dealkylation sites (N-methyl/N-ethyl adjacent to an activating group) is 1. The van der Waals surface area contributed by atoms with E-state index in [-0.39, 0.29) is 12.5 Å². The van der Waals surface area contributed by atoms with Crippen LogP contribution in [0.25, 0.3) is 0 Å². The average Bonchev–Trinajstić information content (AvgIpc) is 3.17. The molecule has 8 heteroatoms. The first-order chi connectivity index (χ1) is 13.3. The topological polar surface area (TPSA) is 74.1 Å². The van der Waals surface area contributed by atoms with E-state index in [1.807, 2.05) is 36.9 Å². The lowest BCUT2D eigenvalue weighted by molar-refractivity contribution is -0.132. The fourth-order valence-corrected chi connectivity index (χ4v) is 5.02. The van der Waals surface area contributed by atoms with Crippen LogP contribution in [0.5, 0.6) is 0 Å². The number of nitrogens with zero attached hydrogens (tertiary/aromatic N) is 3. The zero-order valence-electron chi connectivity index (χ0n) is 16.6. The Bertz CT molecular complexity index is 917. The Hall–Kier alpha value is -2.16. The number of hydrogen-bond acceptors (Lipinski definition) is 5. The molecule has 152 valence electrons. The lowest BCUT2D eigenvalue weighted by atomic mass is 10.2. The van der Waals surface area contributed by atoms with Crippen molar-refractivity contribution in [1.29, 1.82) is 0 Å². The zero-order chi connectivity index (χ0) is 20.3. The molecule has 2 aromatic rings. The van der Waals surface area contributed by atoms with Crippen LogP contribution in [0.15, 0.2) is 45.9 Å². The van der Waals surface area contributed by atoms with Crippen LogP contribution in [0.2, 0.25) is 0 Å². The zero-order valence-corrected chi connectivity index (χ0v) is 17.4. The van der Waals surface area contributed by atoms with Gasteiger partial charge in [-0.1, -0.05) is 12.1 Å². The van der Waals surface area contributed by atoms with Gasteiger partial charge in [-0.2, -0.15) is 4.31 Å². The van der Waals surface area contributed by atoms with E-state index in [2.05, 4.69) is 0 Å². The smallest absolute Gasteiger partial charge is 0.243 e. The number of furan rings is 1. The van der Waals surface area contributed by atoms with Crippen LogP contribution in [0.4, 0.5) is 0 Å². The molecular weight excluding hydrogens is 378 g/mol. The summed E-state index contributed by atoms with van der Waals surface area (Å²) in [4.78, 5) is 16.4. The second-order valence-electron chi connectivity index (χ2n) is 7.28. The van der Waals surface area contributed by atoms with Crippen molar-refractivity contribution in [1.82, 2.24) is 14.1 Å². The van der Waals surface area contributed by atoms with Gasteiger partial charge in [0.2, 0.25) is 15.9 Å². The van der Waals surface area contributed by atoms with Crippen LogP contribution in [0.3, 0.4) is 0 Å². The third kappa shape index (κ3) is 4.63. The molecule has 1 amide bonds. The molecule has 1 fully saturated rings. The number of hydrogen-bond donors (Lipinski definition) is 0. The van der Waals surface area contributed by atoms with Gasteiger partial charge in [-0.3, -0.25) is 9.69 Å². The molecule has 0 unspecified atom stereocenters. The van der Waals surface area contributed by atoms with Crippen LogP contribution < -0.4 is 0 Å². The lowest BCUT2D eigenvalue weighted by Gasteiger charge is -2.34. The quantitative estimate of drug-likeness (QED) is 0.733. The van der Waals surface area contributed by atoms with Crippen molar-refractivity contribution < 1.29 is 17.6 Å². The molecule has 0 saturated carbocycles. The minimum Gasteiger partial charge on any atom is -0.467 e. The van der Waals surface area contributed by atoms with Gasteiger partial charge in [0.05, 0.1) is 24.2 Å². The van der Waals surface area contributed by atoms with E-state index in [0.717, 1.165) is 16.9 Å². The third-order valence-electron chi connectivity index (χ3n) is 5.05. The van der Waals surface area contributed by atoms with Crippen molar-refractivity contribution in [3.05, 3.63) is 53.5 Å². The number of piperazine rings is 1. The summed E-state index contributed by atoms with van der Waals surface area (Å²) in [6.45, 7) is 6.23. The highest BCUT2D eigenvalue weighted by Gasteiger charge is 2.30. The molecular formula is C20H27N3O4S. The predicted molar refractivity (Wildman–Crippen MR) is 106 cm³/mol. The van der Waals surface area contributed by atoms with Gasteiger partial charge in [-0.25, -0.2) is 8.42 Å². The van der Waals surface area contributed by atoms with Gasteiger partial charge in [0, 0.05) is 33.2 Å². The van der Waals surface area contributed by atoms with Gasteiger partial charge in [0.1, 0.15) is 5.76 Å². The number of benzene rings is 1. The molecule has 3 rings (SSSR count). The molecule has 0 radical (unpaired) electrons. The molecule has 1 aliphatic rings. The minimum absolute atomic E-state index is 0.0118. The molecule has 0 atom stereocenters. The summed E-state index contributed by atoms with van der Waals surface area (Å²) in [6, 6.07) is 9.11. The number of carbonyl (C=O) groups is 1. The van der Waals surface area contributed by atoms with E-state index in [4.69, 9.17) is 4.42 Å². The Labute approximate surface area is 166 Å². The Balaban J connectivity index is 1.56. The van der Waals surface area contributed by atoms with Crippen LogP contribution in [-0.2, 0) is 21.4 Å². The number of amides is 1. The normalized spacial score (nSPS) is 16.2. The van der Waals surface area contributed by atoms with Crippen LogP contribution in [0, 0.1) is 13.8 Å². The first-order valence-corrected chi connectivity index (χ1v) is 10.8. The van der Waals surface area contributed by atoms with Crippen molar-refractivity contribution >= 4 is 15.9 Å².